The van der Waals surface area contributed by atoms with E-state index < -0.39 is 11.8 Å². The second-order valence-corrected chi connectivity index (χ2v) is 9.38. The van der Waals surface area contributed by atoms with E-state index in [1.54, 1.807) is 48.5 Å². The lowest BCUT2D eigenvalue weighted by atomic mass is 10.1. The highest BCUT2D eigenvalue weighted by molar-refractivity contribution is 7.80. The third kappa shape index (κ3) is 5.58. The lowest BCUT2D eigenvalue weighted by Crippen LogP contribution is -2.54. The summed E-state index contributed by atoms with van der Waals surface area (Å²) >= 11 is 11.2. The molecular formula is C26H23ClN6O4S. The molecule has 12 heteroatoms. The van der Waals surface area contributed by atoms with Crippen LogP contribution in [0.25, 0.3) is 6.08 Å². The molecule has 3 heterocycles. The van der Waals surface area contributed by atoms with Crippen LogP contribution in [-0.2, 0) is 9.59 Å². The normalized spacial score (nSPS) is 17.0. The average molecular weight is 551 g/mol. The lowest BCUT2D eigenvalue weighted by Gasteiger charge is -2.29. The quantitative estimate of drug-likeness (QED) is 0.275. The number of methoxy groups -OCH3 is 1. The summed E-state index contributed by atoms with van der Waals surface area (Å²) < 4.78 is 11.2. The molecule has 38 heavy (non-hydrogen) atoms. The van der Waals surface area contributed by atoms with Crippen LogP contribution in [-0.4, -0.2) is 52.1 Å². The summed E-state index contributed by atoms with van der Waals surface area (Å²) in [6, 6.07) is 13.7. The van der Waals surface area contributed by atoms with Crippen LogP contribution in [0, 0.1) is 0 Å². The average Bonchev–Trinajstić information content (AvgIpc) is 2.92. The number of nitrogens with one attached hydrogen (secondary N) is 1. The maximum Gasteiger partial charge on any atom is 0.330 e. The van der Waals surface area contributed by atoms with Crippen molar-refractivity contribution in [1.29, 1.82) is 0 Å². The van der Waals surface area contributed by atoms with Crippen molar-refractivity contribution in [2.75, 3.05) is 30.0 Å². The first-order valence-electron chi connectivity index (χ1n) is 11.9. The van der Waals surface area contributed by atoms with Crippen molar-refractivity contribution in [2.45, 2.75) is 19.3 Å². The molecule has 10 nitrogen and oxygen atoms in total. The molecule has 2 aliphatic heterocycles. The van der Waals surface area contributed by atoms with Crippen LogP contribution in [0.4, 0.5) is 11.6 Å². The van der Waals surface area contributed by atoms with Gasteiger partial charge in [-0.05, 0) is 79.5 Å². The number of aromatic nitrogens is 3. The molecule has 1 N–H and O–H groups in total. The van der Waals surface area contributed by atoms with E-state index in [9.17, 15) is 9.59 Å². The molecule has 2 saturated heterocycles. The van der Waals surface area contributed by atoms with Gasteiger partial charge in [-0.2, -0.15) is 9.97 Å². The van der Waals surface area contributed by atoms with Crippen LogP contribution in [0.2, 0.25) is 5.02 Å². The molecule has 5 rings (SSSR count). The second-order valence-electron chi connectivity index (χ2n) is 8.56. The molecule has 2 amide bonds. The van der Waals surface area contributed by atoms with Gasteiger partial charge in [-0.15, -0.1) is 4.98 Å². The monoisotopic (exact) mass is 550 g/mol. The zero-order valence-electron chi connectivity index (χ0n) is 20.4. The molecule has 2 aliphatic rings. The molecule has 0 radical (unpaired) electrons. The Hall–Kier alpha value is -4.09. The number of rotatable bonds is 6. The highest BCUT2D eigenvalue weighted by Crippen LogP contribution is 2.27. The summed E-state index contributed by atoms with van der Waals surface area (Å²) in [4.78, 5) is 42.3. The molecule has 2 fully saturated rings. The summed E-state index contributed by atoms with van der Waals surface area (Å²) in [5.74, 6) is -0.246. The van der Waals surface area contributed by atoms with Crippen molar-refractivity contribution in [1.82, 2.24) is 20.3 Å². The molecule has 0 atom stereocenters. The van der Waals surface area contributed by atoms with Crippen LogP contribution in [0.15, 0.2) is 54.1 Å². The van der Waals surface area contributed by atoms with E-state index in [1.165, 1.54) is 24.5 Å². The van der Waals surface area contributed by atoms with Gasteiger partial charge in [-0.1, -0.05) is 23.7 Å². The van der Waals surface area contributed by atoms with Crippen LogP contribution in [0.3, 0.4) is 0 Å². The topological polar surface area (TPSA) is 110 Å². The minimum Gasteiger partial charge on any atom is -0.467 e. The minimum absolute atomic E-state index is 0.00940. The number of carbonyl (C=O) groups excluding carboxylic acids is 2. The highest BCUT2D eigenvalue weighted by atomic mass is 35.5. The maximum absolute atomic E-state index is 13.3. The third-order valence-corrected chi connectivity index (χ3v) is 6.51. The van der Waals surface area contributed by atoms with Gasteiger partial charge in [0.2, 0.25) is 5.95 Å². The van der Waals surface area contributed by atoms with Gasteiger partial charge in [-0.3, -0.25) is 19.8 Å². The molecular weight excluding hydrogens is 528 g/mol. The number of hydrogen-bond donors (Lipinski definition) is 1. The van der Waals surface area contributed by atoms with E-state index in [2.05, 4.69) is 25.2 Å². The van der Waals surface area contributed by atoms with E-state index in [0.29, 0.717) is 28.0 Å². The maximum atomic E-state index is 13.3. The number of hydrogen-bond acceptors (Lipinski definition) is 9. The van der Waals surface area contributed by atoms with Gasteiger partial charge in [-0.25, -0.2) is 0 Å². The number of nitrogens with zero attached hydrogens (tertiary/aromatic N) is 5. The fraction of sp³-hybridized carbons (Fsp3) is 0.231. The Morgan fingerprint density at radius 3 is 2.47 bits per heavy atom. The number of halogens is 1. The minimum atomic E-state index is -0.593. The van der Waals surface area contributed by atoms with Crippen molar-refractivity contribution in [3.63, 3.8) is 0 Å². The first-order valence-corrected chi connectivity index (χ1v) is 12.7. The predicted molar refractivity (Wildman–Crippen MR) is 147 cm³/mol. The van der Waals surface area contributed by atoms with E-state index in [0.717, 1.165) is 25.9 Å². The highest BCUT2D eigenvalue weighted by Gasteiger charge is 2.34. The van der Waals surface area contributed by atoms with Crippen LogP contribution in [0.5, 0.6) is 17.8 Å². The first kappa shape index (κ1) is 25.6. The van der Waals surface area contributed by atoms with E-state index >= 15 is 0 Å². The number of benzene rings is 2. The van der Waals surface area contributed by atoms with Crippen molar-refractivity contribution >= 4 is 58.5 Å². The fourth-order valence-electron chi connectivity index (χ4n) is 4.12. The van der Waals surface area contributed by atoms with Crippen LogP contribution >= 0.6 is 23.8 Å². The van der Waals surface area contributed by atoms with Gasteiger partial charge in [0, 0.05) is 18.1 Å². The van der Waals surface area contributed by atoms with Crippen molar-refractivity contribution in [3.05, 3.63) is 64.7 Å². The summed E-state index contributed by atoms with van der Waals surface area (Å²) in [5, 5.41) is 3.07. The fourth-order valence-corrected chi connectivity index (χ4v) is 4.53. The molecule has 1 aromatic heterocycles. The van der Waals surface area contributed by atoms with Gasteiger partial charge >= 0.3 is 12.0 Å². The van der Waals surface area contributed by atoms with E-state index in [4.69, 9.17) is 33.3 Å². The van der Waals surface area contributed by atoms with Gasteiger partial charge in [0.15, 0.2) is 5.11 Å². The Kier molecular flexibility index (Phi) is 7.47. The molecule has 0 aliphatic carbocycles. The lowest BCUT2D eigenvalue weighted by molar-refractivity contribution is -0.122. The molecule has 0 spiro atoms. The number of anilines is 2. The molecule has 194 valence electrons. The summed E-state index contributed by atoms with van der Waals surface area (Å²) in [5.41, 5.74) is 0.961. The van der Waals surface area contributed by atoms with Crippen molar-refractivity contribution in [3.8, 4) is 17.8 Å². The number of carbonyl (C=O) groups is 2. The summed E-state index contributed by atoms with van der Waals surface area (Å²) in [6.07, 6.45) is 4.78. The molecule has 0 unspecified atom stereocenters. The first-order chi connectivity index (χ1) is 18.4. The number of ether oxygens (including phenoxy) is 2. The number of thiocarbonyl (C=S) groups is 1. The Labute approximate surface area is 229 Å². The Morgan fingerprint density at radius 1 is 1.00 bits per heavy atom. The van der Waals surface area contributed by atoms with Crippen molar-refractivity contribution in [2.24, 2.45) is 0 Å². The van der Waals surface area contributed by atoms with Gasteiger partial charge in [0.1, 0.15) is 11.3 Å². The summed E-state index contributed by atoms with van der Waals surface area (Å²) in [7, 11) is 1.48. The molecule has 2 aromatic carbocycles. The smallest absolute Gasteiger partial charge is 0.330 e. The SMILES string of the molecule is COc1nc(Oc2cccc(/C=C3/C(=O)NC(=S)N(c4ccc(Cl)cc4)C3=O)c2)nc(N2CCCCC2)n1. The molecule has 0 saturated carbocycles. The molecule has 3 aromatic rings. The Balaban J connectivity index is 1.40. The zero-order valence-corrected chi connectivity index (χ0v) is 22.0. The number of amides is 2. The van der Waals surface area contributed by atoms with Gasteiger partial charge < -0.3 is 14.4 Å². The Morgan fingerprint density at radius 2 is 1.74 bits per heavy atom. The Bertz CT molecular complexity index is 1430. The standard InChI is InChI=1S/C26H23ClN6O4S/c1-36-24-29-23(32-12-3-2-4-13-32)30-25(31-24)37-19-7-5-6-16(14-19)15-20-21(34)28-26(38)33(22(20)35)18-10-8-17(27)9-11-18/h5-11,14-15H,2-4,12-13H2,1H3,(H,28,34,38)/b20-15-. The zero-order chi connectivity index (χ0) is 26.6. The van der Waals surface area contributed by atoms with E-state index in [-0.39, 0.29) is 22.7 Å². The van der Waals surface area contributed by atoms with Gasteiger partial charge in [0.05, 0.1) is 12.8 Å². The predicted octanol–water partition coefficient (Wildman–Crippen LogP) is 4.15. The number of piperidine rings is 1. The van der Waals surface area contributed by atoms with Crippen LogP contribution < -0.4 is 24.6 Å². The molecule has 0 bridgehead atoms. The van der Waals surface area contributed by atoms with E-state index in [1.807, 2.05) is 0 Å². The van der Waals surface area contributed by atoms with Crippen LogP contribution in [0.1, 0.15) is 24.8 Å². The largest absolute Gasteiger partial charge is 0.467 e. The summed E-state index contributed by atoms with van der Waals surface area (Å²) in [6.45, 7) is 1.70. The third-order valence-electron chi connectivity index (χ3n) is 5.97. The van der Waals surface area contributed by atoms with Crippen molar-refractivity contribution < 1.29 is 19.1 Å². The second kappa shape index (κ2) is 11.1. The van der Waals surface area contributed by atoms with Gasteiger partial charge in [0.25, 0.3) is 11.8 Å².